The van der Waals surface area contributed by atoms with Gasteiger partial charge in [0.1, 0.15) is 5.01 Å². The largest absolute Gasteiger partial charge is 0.310 e. The molecule has 1 heterocycles. The van der Waals surface area contributed by atoms with Crippen LogP contribution in [0.25, 0.3) is 64.6 Å². The van der Waals surface area contributed by atoms with Gasteiger partial charge >= 0.3 is 0 Å². The lowest BCUT2D eigenvalue weighted by molar-refractivity contribution is 0.685. The van der Waals surface area contributed by atoms with Crippen LogP contribution in [0.2, 0.25) is 0 Å². The maximum Gasteiger partial charge on any atom is 0.124 e. The van der Waals surface area contributed by atoms with Gasteiger partial charge in [0.05, 0.1) is 10.2 Å². The maximum atomic E-state index is 5.21. The molecule has 0 saturated heterocycles. The molecule has 10 rings (SSSR count). The van der Waals surface area contributed by atoms with Gasteiger partial charge in [0.2, 0.25) is 0 Å². The summed E-state index contributed by atoms with van der Waals surface area (Å²) in [6.07, 6.45) is 4.88. The van der Waals surface area contributed by atoms with E-state index in [1.165, 1.54) is 84.6 Å². The highest BCUT2D eigenvalue weighted by atomic mass is 32.1. The van der Waals surface area contributed by atoms with E-state index in [2.05, 4.69) is 175 Å². The summed E-state index contributed by atoms with van der Waals surface area (Å²) in [4.78, 5) is 7.62. The van der Waals surface area contributed by atoms with Crippen molar-refractivity contribution in [3.05, 3.63) is 181 Å². The Kier molecular flexibility index (Phi) is 7.66. The van der Waals surface area contributed by atoms with Crippen LogP contribution in [0.15, 0.2) is 170 Å². The van der Waals surface area contributed by atoms with Crippen LogP contribution in [0.1, 0.15) is 24.0 Å². The molecule has 1 aliphatic rings. The van der Waals surface area contributed by atoms with Crippen LogP contribution in [-0.4, -0.2) is 4.98 Å². The molecule has 0 radical (unpaired) electrons. The first kappa shape index (κ1) is 30.8. The van der Waals surface area contributed by atoms with Gasteiger partial charge in [0.25, 0.3) is 0 Å². The molecule has 0 fully saturated rings. The molecule has 248 valence electrons. The average molecular weight is 685 g/mol. The van der Waals surface area contributed by atoms with Gasteiger partial charge < -0.3 is 4.90 Å². The molecule has 0 spiro atoms. The zero-order chi connectivity index (χ0) is 34.4. The second-order valence-electron chi connectivity index (χ2n) is 13.9. The van der Waals surface area contributed by atoms with Crippen molar-refractivity contribution in [1.29, 1.82) is 0 Å². The van der Waals surface area contributed by atoms with E-state index in [4.69, 9.17) is 4.98 Å². The minimum atomic E-state index is 1.06. The molecule has 52 heavy (non-hydrogen) atoms. The van der Waals surface area contributed by atoms with Crippen molar-refractivity contribution in [3.8, 4) is 32.8 Å². The fourth-order valence-corrected chi connectivity index (χ4v) is 8.94. The topological polar surface area (TPSA) is 16.1 Å². The second kappa shape index (κ2) is 12.9. The molecule has 0 bridgehead atoms. The summed E-state index contributed by atoms with van der Waals surface area (Å²) in [7, 11) is 0. The smallest absolute Gasteiger partial charge is 0.124 e. The van der Waals surface area contributed by atoms with E-state index in [9.17, 15) is 0 Å². The molecule has 0 N–H and O–H groups in total. The maximum absolute atomic E-state index is 5.21. The van der Waals surface area contributed by atoms with Crippen LogP contribution in [0.5, 0.6) is 0 Å². The summed E-state index contributed by atoms with van der Waals surface area (Å²) < 4.78 is 1.22. The van der Waals surface area contributed by atoms with Crippen LogP contribution < -0.4 is 4.90 Å². The number of aryl methyl sites for hydroxylation is 2. The molecular weight excluding hydrogens is 649 g/mol. The molecule has 0 saturated carbocycles. The number of benzene rings is 8. The monoisotopic (exact) mass is 684 g/mol. The van der Waals surface area contributed by atoms with E-state index in [1.807, 2.05) is 0 Å². The molecular formula is C49H36N2S. The molecule has 1 aliphatic carbocycles. The quantitative estimate of drug-likeness (QED) is 0.162. The predicted octanol–water partition coefficient (Wildman–Crippen LogP) is 14.0. The van der Waals surface area contributed by atoms with Gasteiger partial charge in [0.15, 0.2) is 0 Å². The van der Waals surface area contributed by atoms with Crippen LogP contribution in [0, 0.1) is 0 Å². The number of aromatic nitrogens is 1. The average Bonchev–Trinajstić information content (AvgIpc) is 3.67. The zero-order valence-corrected chi connectivity index (χ0v) is 29.6. The molecule has 0 unspecified atom stereocenters. The Morgan fingerprint density at radius 3 is 1.73 bits per heavy atom. The van der Waals surface area contributed by atoms with Gasteiger partial charge in [-0.05, 0) is 124 Å². The first-order valence-corrected chi connectivity index (χ1v) is 19.1. The van der Waals surface area contributed by atoms with Gasteiger partial charge in [0, 0.05) is 28.0 Å². The summed E-state index contributed by atoms with van der Waals surface area (Å²) >= 11 is 1.77. The van der Waals surface area contributed by atoms with E-state index in [0.717, 1.165) is 33.9 Å². The fourth-order valence-electron chi connectivity index (χ4n) is 7.96. The lowest BCUT2D eigenvalue weighted by atomic mass is 9.91. The Labute approximate surface area is 308 Å². The fraction of sp³-hybridized carbons (Fsp3) is 0.0816. The Hall–Kier alpha value is -6.03. The minimum Gasteiger partial charge on any atom is -0.310 e. The normalized spacial score (nSPS) is 12.7. The van der Waals surface area contributed by atoms with Crippen molar-refractivity contribution in [1.82, 2.24) is 4.98 Å². The Morgan fingerprint density at radius 1 is 0.442 bits per heavy atom. The highest BCUT2D eigenvalue weighted by molar-refractivity contribution is 7.21. The zero-order valence-electron chi connectivity index (χ0n) is 28.8. The van der Waals surface area contributed by atoms with Crippen LogP contribution in [0.4, 0.5) is 17.1 Å². The third-order valence-corrected chi connectivity index (χ3v) is 11.7. The first-order valence-electron chi connectivity index (χ1n) is 18.2. The number of rotatable bonds is 6. The van der Waals surface area contributed by atoms with Crippen molar-refractivity contribution in [3.63, 3.8) is 0 Å². The number of hydrogen-bond donors (Lipinski definition) is 0. The number of anilines is 3. The van der Waals surface area contributed by atoms with Gasteiger partial charge in [-0.15, -0.1) is 11.3 Å². The number of nitrogens with zero attached hydrogens (tertiary/aromatic N) is 2. The minimum absolute atomic E-state index is 1.06. The highest BCUT2D eigenvalue weighted by Crippen LogP contribution is 2.41. The third kappa shape index (κ3) is 5.55. The van der Waals surface area contributed by atoms with E-state index in [1.54, 1.807) is 11.3 Å². The molecule has 9 aromatic rings. The van der Waals surface area contributed by atoms with Crippen molar-refractivity contribution in [2.75, 3.05) is 4.90 Å². The van der Waals surface area contributed by atoms with Gasteiger partial charge in [-0.1, -0.05) is 121 Å². The molecule has 0 atom stereocenters. The Bertz CT molecular complexity index is 2710. The van der Waals surface area contributed by atoms with Crippen LogP contribution >= 0.6 is 11.3 Å². The van der Waals surface area contributed by atoms with E-state index in [0.29, 0.717) is 0 Å². The SMILES string of the molecule is c1ccc(-c2ccc(N(c3ccc(-c4ccc5ccc6ccc7sc(-c8ccccc8)nc7c6c5c4)cc3)c3ccc4c(c3)CCCC4)cc2)cc1. The van der Waals surface area contributed by atoms with E-state index < -0.39 is 0 Å². The molecule has 0 amide bonds. The van der Waals surface area contributed by atoms with Crippen LogP contribution in [0.3, 0.4) is 0 Å². The summed E-state index contributed by atoms with van der Waals surface area (Å²) in [5.41, 5.74) is 13.6. The van der Waals surface area contributed by atoms with Crippen molar-refractivity contribution in [2.45, 2.75) is 25.7 Å². The molecule has 2 nitrogen and oxygen atoms in total. The Balaban J connectivity index is 1.05. The Morgan fingerprint density at radius 2 is 1.00 bits per heavy atom. The van der Waals surface area contributed by atoms with Crippen LogP contribution in [-0.2, 0) is 12.8 Å². The number of hydrogen-bond acceptors (Lipinski definition) is 3. The third-order valence-electron chi connectivity index (χ3n) is 10.7. The summed E-state index contributed by atoms with van der Waals surface area (Å²) in [5.74, 6) is 0. The molecule has 1 aromatic heterocycles. The van der Waals surface area contributed by atoms with Gasteiger partial charge in [-0.3, -0.25) is 0 Å². The summed E-state index contributed by atoms with van der Waals surface area (Å²) in [5, 5.41) is 5.97. The summed E-state index contributed by atoms with van der Waals surface area (Å²) in [6, 6.07) is 62.1. The lowest BCUT2D eigenvalue weighted by Crippen LogP contribution is -2.12. The second-order valence-corrected chi connectivity index (χ2v) is 14.9. The summed E-state index contributed by atoms with van der Waals surface area (Å²) in [6.45, 7) is 0. The van der Waals surface area contributed by atoms with Crippen molar-refractivity contribution in [2.24, 2.45) is 0 Å². The predicted molar refractivity (Wildman–Crippen MR) is 222 cm³/mol. The van der Waals surface area contributed by atoms with Crippen molar-refractivity contribution < 1.29 is 0 Å². The number of fused-ring (bicyclic) bond motifs is 6. The number of thiazole rings is 1. The first-order chi connectivity index (χ1) is 25.7. The van der Waals surface area contributed by atoms with Gasteiger partial charge in [-0.25, -0.2) is 4.98 Å². The molecule has 0 aliphatic heterocycles. The van der Waals surface area contributed by atoms with Gasteiger partial charge in [-0.2, -0.15) is 0 Å². The van der Waals surface area contributed by atoms with E-state index >= 15 is 0 Å². The van der Waals surface area contributed by atoms with Crippen molar-refractivity contribution >= 4 is 60.2 Å². The lowest BCUT2D eigenvalue weighted by Gasteiger charge is -2.28. The molecule has 8 aromatic carbocycles. The standard InChI is InChI=1S/C49H36N2S/c1-3-9-33(10-4-1)35-19-25-42(26-20-35)51(44-29-23-34-11-7-8-14-40(34)31-44)43-27-21-36(22-28-43)41-18-16-37-15-17-38-24-30-46-48(47(38)45(37)32-41)50-49(52-46)39-12-5-2-6-13-39/h1-6,9-10,12-13,15-32H,7-8,11,14H2. The highest BCUT2D eigenvalue weighted by Gasteiger charge is 2.18. The van der Waals surface area contributed by atoms with E-state index in [-0.39, 0.29) is 0 Å². The molecule has 3 heteroatoms.